The van der Waals surface area contributed by atoms with E-state index in [1.807, 2.05) is 0 Å². The summed E-state index contributed by atoms with van der Waals surface area (Å²) in [4.78, 5) is 8.90. The molecule has 0 aromatic carbocycles. The molecule has 0 radical (unpaired) electrons. The van der Waals surface area contributed by atoms with Gasteiger partial charge in [-0.3, -0.25) is 0 Å². The first-order valence-electron chi connectivity index (χ1n) is 4.53. The summed E-state index contributed by atoms with van der Waals surface area (Å²) >= 11 is 0. The van der Waals surface area contributed by atoms with E-state index in [0.29, 0.717) is 0 Å². The Hall–Kier alpha value is -0.820. The van der Waals surface area contributed by atoms with E-state index < -0.39 is 12.1 Å². The third-order valence-corrected chi connectivity index (χ3v) is 2.42. The van der Waals surface area contributed by atoms with Crippen LogP contribution in [0.3, 0.4) is 0 Å². The molecule has 1 rings (SSSR count). The number of hydrogen-bond acceptors (Lipinski definition) is 3. The van der Waals surface area contributed by atoms with Gasteiger partial charge in [-0.25, -0.2) is 4.79 Å². The average molecular weight is 228 g/mol. The molecule has 2 atom stereocenters. The summed E-state index contributed by atoms with van der Waals surface area (Å²) in [7, 11) is 0. The van der Waals surface area contributed by atoms with Crippen molar-refractivity contribution in [3.05, 3.63) is 0 Å². The number of alkyl halides is 3. The highest BCUT2D eigenvalue weighted by molar-refractivity contribution is 5.73. The fourth-order valence-corrected chi connectivity index (χ4v) is 1.26. The Bertz CT molecular complexity index is 195. The summed E-state index contributed by atoms with van der Waals surface area (Å²) in [5, 5.41) is 7.12. The van der Waals surface area contributed by atoms with Crippen molar-refractivity contribution < 1.29 is 23.1 Å². The molecule has 1 saturated carbocycles. The topological polar surface area (TPSA) is 89.3 Å². The molecule has 7 heteroatoms. The number of carboxylic acid groups (broad SMARTS) is 1. The molecular formula is C8H15F3N2O2. The predicted molar refractivity (Wildman–Crippen MR) is 48.0 cm³/mol. The Kier molecular flexibility index (Phi) is 5.59. The van der Waals surface area contributed by atoms with Gasteiger partial charge in [0.1, 0.15) is 0 Å². The normalized spacial score (nSPS) is 24.9. The van der Waals surface area contributed by atoms with Crippen LogP contribution in [-0.2, 0) is 4.79 Å². The molecule has 0 heterocycles. The van der Waals surface area contributed by atoms with Crippen LogP contribution >= 0.6 is 0 Å². The van der Waals surface area contributed by atoms with Gasteiger partial charge in [-0.15, -0.1) is 0 Å². The lowest BCUT2D eigenvalue weighted by atomic mass is 9.74. The van der Waals surface area contributed by atoms with Gasteiger partial charge in [-0.05, 0) is 37.8 Å². The molecule has 4 nitrogen and oxygen atoms in total. The minimum absolute atomic E-state index is 0.750. The first-order chi connectivity index (χ1) is 6.82. The fraction of sp³-hybridized carbons (Fsp3) is 0.875. The van der Waals surface area contributed by atoms with Gasteiger partial charge in [0.05, 0.1) is 0 Å². The Labute approximate surface area is 85.4 Å². The summed E-state index contributed by atoms with van der Waals surface area (Å²) < 4.78 is 31.7. The van der Waals surface area contributed by atoms with Crippen LogP contribution in [0.25, 0.3) is 0 Å². The second-order valence-electron chi connectivity index (χ2n) is 3.37. The molecule has 0 aliphatic heterocycles. The largest absolute Gasteiger partial charge is 0.490 e. The van der Waals surface area contributed by atoms with Crippen molar-refractivity contribution in [2.24, 2.45) is 23.3 Å². The zero-order valence-electron chi connectivity index (χ0n) is 8.13. The molecule has 0 bridgehead atoms. The van der Waals surface area contributed by atoms with Crippen LogP contribution in [0.4, 0.5) is 13.2 Å². The van der Waals surface area contributed by atoms with Crippen LogP contribution in [0, 0.1) is 11.8 Å². The summed E-state index contributed by atoms with van der Waals surface area (Å²) in [5.74, 6) is -1.26. The number of halogens is 3. The molecule has 0 spiro atoms. The van der Waals surface area contributed by atoms with Crippen molar-refractivity contribution in [1.82, 2.24) is 0 Å². The van der Waals surface area contributed by atoms with Crippen molar-refractivity contribution in [1.29, 1.82) is 0 Å². The van der Waals surface area contributed by atoms with E-state index in [1.165, 1.54) is 12.8 Å². The number of carbonyl (C=O) groups is 1. The Morgan fingerprint density at radius 1 is 1.20 bits per heavy atom. The quantitative estimate of drug-likeness (QED) is 0.644. The Morgan fingerprint density at radius 2 is 1.47 bits per heavy atom. The Morgan fingerprint density at radius 3 is 1.53 bits per heavy atom. The predicted octanol–water partition coefficient (Wildman–Crippen LogP) is 0.563. The molecule has 1 fully saturated rings. The lowest BCUT2D eigenvalue weighted by Crippen LogP contribution is -2.36. The number of hydrogen-bond donors (Lipinski definition) is 3. The van der Waals surface area contributed by atoms with Gasteiger partial charge < -0.3 is 16.6 Å². The van der Waals surface area contributed by atoms with Crippen LogP contribution < -0.4 is 11.5 Å². The maximum absolute atomic E-state index is 10.6. The van der Waals surface area contributed by atoms with E-state index >= 15 is 0 Å². The highest BCUT2D eigenvalue weighted by Gasteiger charge is 2.38. The molecule has 5 N–H and O–H groups in total. The van der Waals surface area contributed by atoms with E-state index in [1.54, 1.807) is 0 Å². The molecule has 0 unspecified atom stereocenters. The molecule has 0 aromatic heterocycles. The third-order valence-electron chi connectivity index (χ3n) is 2.42. The Balaban J connectivity index is 0.000000265. The maximum Gasteiger partial charge on any atom is 0.490 e. The molecular weight excluding hydrogens is 213 g/mol. The molecule has 15 heavy (non-hydrogen) atoms. The van der Waals surface area contributed by atoms with Gasteiger partial charge in [0.25, 0.3) is 0 Å². The van der Waals surface area contributed by atoms with E-state index in [9.17, 15) is 13.2 Å². The number of nitrogens with two attached hydrogens (primary N) is 2. The first kappa shape index (κ1) is 14.2. The minimum atomic E-state index is -5.08. The highest BCUT2D eigenvalue weighted by atomic mass is 19.4. The lowest BCUT2D eigenvalue weighted by Gasteiger charge is -2.34. The monoisotopic (exact) mass is 228 g/mol. The zero-order valence-corrected chi connectivity index (χ0v) is 8.13. The van der Waals surface area contributed by atoms with Gasteiger partial charge in [0, 0.05) is 0 Å². The van der Waals surface area contributed by atoms with Crippen molar-refractivity contribution in [2.75, 3.05) is 13.1 Å². The molecule has 90 valence electrons. The van der Waals surface area contributed by atoms with Gasteiger partial charge in [-0.1, -0.05) is 0 Å². The van der Waals surface area contributed by atoms with Crippen LogP contribution in [0.15, 0.2) is 0 Å². The summed E-state index contributed by atoms with van der Waals surface area (Å²) in [5.41, 5.74) is 10.9. The summed E-state index contributed by atoms with van der Waals surface area (Å²) in [6.07, 6.45) is -2.48. The molecule has 0 amide bonds. The molecule has 0 aromatic rings. The zero-order chi connectivity index (χ0) is 12.1. The standard InChI is InChI=1S/C6H14N2.C2HF3O2/c7-3-5-1-2-6(5)4-8;3-2(4,5)1(6)7/h5-6H,1-4,7-8H2;(H,6,7)/t5-,6-;/m0./s1. The van der Waals surface area contributed by atoms with E-state index in [0.717, 1.165) is 24.9 Å². The number of rotatable bonds is 2. The average Bonchev–Trinajstić information content (AvgIpc) is 2.03. The summed E-state index contributed by atoms with van der Waals surface area (Å²) in [6, 6.07) is 0. The SMILES string of the molecule is NC[C@@H]1CC[C@H]1CN.O=C(O)C(F)(F)F. The van der Waals surface area contributed by atoms with Crippen molar-refractivity contribution in [2.45, 2.75) is 19.0 Å². The van der Waals surface area contributed by atoms with Gasteiger partial charge >= 0.3 is 12.1 Å². The van der Waals surface area contributed by atoms with Gasteiger partial charge in [0.15, 0.2) is 0 Å². The summed E-state index contributed by atoms with van der Waals surface area (Å²) in [6.45, 7) is 1.67. The lowest BCUT2D eigenvalue weighted by molar-refractivity contribution is -0.192. The van der Waals surface area contributed by atoms with E-state index in [4.69, 9.17) is 21.4 Å². The van der Waals surface area contributed by atoms with Crippen LogP contribution in [0.5, 0.6) is 0 Å². The van der Waals surface area contributed by atoms with Crippen LogP contribution in [0.2, 0.25) is 0 Å². The minimum Gasteiger partial charge on any atom is -0.475 e. The van der Waals surface area contributed by atoms with Crippen molar-refractivity contribution >= 4 is 5.97 Å². The fourth-order valence-electron chi connectivity index (χ4n) is 1.26. The molecule has 1 aliphatic carbocycles. The van der Waals surface area contributed by atoms with Crippen LogP contribution in [-0.4, -0.2) is 30.3 Å². The van der Waals surface area contributed by atoms with Crippen molar-refractivity contribution in [3.8, 4) is 0 Å². The second-order valence-corrected chi connectivity index (χ2v) is 3.37. The molecule has 0 saturated heterocycles. The second kappa shape index (κ2) is 5.92. The van der Waals surface area contributed by atoms with Gasteiger partial charge in [-0.2, -0.15) is 13.2 Å². The highest BCUT2D eigenvalue weighted by Crippen LogP contribution is 2.31. The van der Waals surface area contributed by atoms with E-state index in [-0.39, 0.29) is 0 Å². The van der Waals surface area contributed by atoms with Crippen LogP contribution in [0.1, 0.15) is 12.8 Å². The van der Waals surface area contributed by atoms with E-state index in [2.05, 4.69) is 0 Å². The van der Waals surface area contributed by atoms with Gasteiger partial charge in [0.2, 0.25) is 0 Å². The smallest absolute Gasteiger partial charge is 0.475 e. The molecule has 1 aliphatic rings. The number of aliphatic carboxylic acids is 1. The first-order valence-corrected chi connectivity index (χ1v) is 4.53. The third kappa shape index (κ3) is 4.98. The maximum atomic E-state index is 10.6. The number of carboxylic acids is 1. The van der Waals surface area contributed by atoms with Crippen molar-refractivity contribution in [3.63, 3.8) is 0 Å².